The number of aromatic nitrogens is 4. The van der Waals surface area contributed by atoms with Gasteiger partial charge in [-0.2, -0.15) is 0 Å². The molecule has 0 spiro atoms. The van der Waals surface area contributed by atoms with Gasteiger partial charge in [-0.1, -0.05) is 56.3 Å². The number of nitrogens with one attached hydrogen (secondary N) is 4. The number of fused-ring (bicyclic) bond motifs is 2. The van der Waals surface area contributed by atoms with Crippen molar-refractivity contribution in [2.75, 3.05) is 56.3 Å². The summed E-state index contributed by atoms with van der Waals surface area (Å²) in [5.41, 5.74) is 8.01. The van der Waals surface area contributed by atoms with Crippen molar-refractivity contribution in [1.29, 1.82) is 0 Å². The summed E-state index contributed by atoms with van der Waals surface area (Å²) in [5.74, 6) is 0.837. The largest absolute Gasteiger partial charge is 0.465 e. The summed E-state index contributed by atoms with van der Waals surface area (Å²) in [6.45, 7) is 7.36. The Labute approximate surface area is 441 Å². The lowest BCUT2D eigenvalue weighted by Crippen LogP contribution is -2.52. The Bertz CT molecular complexity index is 3080. The second kappa shape index (κ2) is 21.8. The molecule has 18 heteroatoms. The molecule has 400 valence electrons. The number of methoxy groups -OCH3 is 1. The number of amides is 4. The van der Waals surface area contributed by atoms with Crippen LogP contribution in [0.25, 0.3) is 22.1 Å². The maximum Gasteiger partial charge on any atom is 0.407 e. The number of benzene rings is 4. The summed E-state index contributed by atoms with van der Waals surface area (Å²) in [6, 6.07) is 26.3. The van der Waals surface area contributed by atoms with Gasteiger partial charge >= 0.3 is 12.2 Å². The quantitative estimate of drug-likeness (QED) is 0.0737. The van der Waals surface area contributed by atoms with Crippen molar-refractivity contribution < 1.29 is 38.1 Å². The molecule has 5 aliphatic rings. The van der Waals surface area contributed by atoms with E-state index >= 15 is 4.39 Å². The number of hydrogen-bond acceptors (Lipinski definition) is 10. The lowest BCUT2D eigenvalue weighted by molar-refractivity contribution is -0.137. The van der Waals surface area contributed by atoms with Crippen molar-refractivity contribution in [3.05, 3.63) is 119 Å². The number of alkyl carbamates (subject to hydrolysis) is 1. The van der Waals surface area contributed by atoms with Gasteiger partial charge in [0.05, 0.1) is 59.0 Å². The van der Waals surface area contributed by atoms with Gasteiger partial charge in [0, 0.05) is 45.1 Å². The first kappa shape index (κ1) is 50.9. The van der Waals surface area contributed by atoms with Gasteiger partial charge in [-0.3, -0.25) is 9.59 Å². The summed E-state index contributed by atoms with van der Waals surface area (Å²) in [7, 11) is 1.29. The molecule has 6 atom stereocenters. The summed E-state index contributed by atoms with van der Waals surface area (Å²) < 4.78 is 27.2. The molecule has 7 heterocycles. The van der Waals surface area contributed by atoms with E-state index < -0.39 is 24.3 Å². The highest BCUT2D eigenvalue weighted by atomic mass is 19.1. The number of likely N-dealkylation sites (tertiary alicyclic amines) is 2. The minimum absolute atomic E-state index is 0.136. The van der Waals surface area contributed by atoms with Crippen LogP contribution in [0.5, 0.6) is 0 Å². The average molecular weight is 1040 g/mol. The number of imidazole rings is 2. The van der Waals surface area contributed by atoms with E-state index in [0.29, 0.717) is 68.8 Å². The summed E-state index contributed by atoms with van der Waals surface area (Å²) in [4.78, 5) is 77.8. The molecule has 17 nitrogen and oxygen atoms in total. The van der Waals surface area contributed by atoms with E-state index in [2.05, 4.69) is 85.0 Å². The summed E-state index contributed by atoms with van der Waals surface area (Å²) in [6.07, 6.45) is 5.80. The zero-order valence-electron chi connectivity index (χ0n) is 43.6. The highest BCUT2D eigenvalue weighted by Crippen LogP contribution is 2.49. The first-order chi connectivity index (χ1) is 36.9. The van der Waals surface area contributed by atoms with Gasteiger partial charge in [0.25, 0.3) is 0 Å². The number of nitrogens with zero attached hydrogens (tertiary/aromatic N) is 6. The fraction of sp³-hybridized carbons (Fsp3) is 0.483. The molecule has 0 aliphatic carbocycles. The maximum atomic E-state index is 16.8. The van der Waals surface area contributed by atoms with E-state index in [-0.39, 0.29) is 53.6 Å². The molecule has 5 fully saturated rings. The number of rotatable bonds is 13. The van der Waals surface area contributed by atoms with Crippen LogP contribution >= 0.6 is 0 Å². The number of hydrogen-bond donors (Lipinski definition) is 5. The average Bonchev–Trinajstić information content (AvgIpc) is 4.32. The Morgan fingerprint density at radius 2 is 1.28 bits per heavy atom. The molecule has 0 bridgehead atoms. The van der Waals surface area contributed by atoms with Crippen molar-refractivity contribution in [3.8, 4) is 0 Å². The topological polar surface area (TPSA) is 201 Å². The molecule has 5 aliphatic heterocycles. The molecular weight excluding hydrogens is 968 g/mol. The third-order valence-electron chi connectivity index (χ3n) is 16.9. The van der Waals surface area contributed by atoms with Crippen LogP contribution in [0.15, 0.2) is 84.9 Å². The number of ether oxygens (including phenoxy) is 2. The van der Waals surface area contributed by atoms with Crippen molar-refractivity contribution in [2.24, 2.45) is 11.8 Å². The number of carbonyl (C=O) groups excluding carboxylic acids is 3. The van der Waals surface area contributed by atoms with Gasteiger partial charge in [0.1, 0.15) is 29.5 Å². The highest BCUT2D eigenvalue weighted by Gasteiger charge is 2.42. The first-order valence-corrected chi connectivity index (χ1v) is 27.3. The fourth-order valence-electron chi connectivity index (χ4n) is 13.0. The Morgan fingerprint density at radius 3 is 1.83 bits per heavy atom. The Kier molecular flexibility index (Phi) is 14.6. The number of carbonyl (C=O) groups is 4. The van der Waals surface area contributed by atoms with Gasteiger partial charge in [0.2, 0.25) is 11.8 Å². The number of halogens is 1. The van der Waals surface area contributed by atoms with Gasteiger partial charge in [-0.25, -0.2) is 23.9 Å². The normalized spacial score (nSPS) is 22.4. The number of aromatic amines is 2. The van der Waals surface area contributed by atoms with E-state index in [1.54, 1.807) is 11.0 Å². The van der Waals surface area contributed by atoms with Gasteiger partial charge in [0.15, 0.2) is 0 Å². The maximum absolute atomic E-state index is 16.8. The van der Waals surface area contributed by atoms with Crippen molar-refractivity contribution in [1.82, 2.24) is 40.4 Å². The van der Waals surface area contributed by atoms with Crippen LogP contribution in [-0.4, -0.2) is 117 Å². The lowest BCUT2D eigenvalue weighted by atomic mass is 9.89. The number of carboxylic acid groups (broad SMARTS) is 1. The molecule has 6 aromatic rings. The summed E-state index contributed by atoms with van der Waals surface area (Å²) >= 11 is 0. The summed E-state index contributed by atoms with van der Waals surface area (Å²) in [5, 5.41) is 15.0. The van der Waals surface area contributed by atoms with Crippen LogP contribution in [-0.2, 0) is 19.1 Å². The number of anilines is 2. The minimum atomic E-state index is -1.22. The van der Waals surface area contributed by atoms with E-state index in [9.17, 15) is 24.3 Å². The van der Waals surface area contributed by atoms with Crippen molar-refractivity contribution in [3.63, 3.8) is 0 Å². The predicted molar refractivity (Wildman–Crippen MR) is 286 cm³/mol. The van der Waals surface area contributed by atoms with Crippen molar-refractivity contribution in [2.45, 2.75) is 120 Å². The second-order valence-corrected chi connectivity index (χ2v) is 21.7. The SMILES string of the molecule is COC(=O)N[C@H](C(=O)N1CCC[C@H]1c1nc2ccc([C@H]3CC[C@H](c4ccc5nc([C@@H]6CCCN6C(=O)[C@@H](NC(=O)O)C6CCOCC6)[nH]c5c4)N3c3ccc(N4CCC(c5ccccc5)CC4)c(F)c3)cc2[nH]1)C(C)C. The van der Waals surface area contributed by atoms with Crippen LogP contribution in [0.3, 0.4) is 0 Å². The molecule has 5 saturated heterocycles. The number of H-pyrrole nitrogens is 2. The van der Waals surface area contributed by atoms with E-state index in [1.165, 1.54) is 12.7 Å². The molecule has 0 saturated carbocycles. The molecular formula is C58H69FN10O7. The molecule has 0 unspecified atom stereocenters. The standard InChI is InChI=1S/C58H69FN10O7/c1-34(2)51(65-58(74)75-3)55(70)67-25-7-11-49(67)53-60-42-16-13-38(31-44(42)62-53)46-19-20-47(69(46)40-15-18-48(41(59)33-40)66-27-21-36(22-28-66)35-9-5-4-6-10-35)39-14-17-43-45(32-39)63-54(61-43)50-12-8-26-68(50)56(71)52(64-57(72)73)37-23-29-76-30-24-37/h4-6,9-10,13-18,31-34,36-37,46-47,49-52,64H,7-8,11-12,19-30H2,1-3H3,(H,60,62)(H,61,63)(H,65,74)(H,72,73)/t46-,47-,49+,50+,51+,52+/m1/s1. The molecule has 2 aromatic heterocycles. The molecule has 4 aromatic carbocycles. The van der Waals surface area contributed by atoms with E-state index in [4.69, 9.17) is 19.4 Å². The minimum Gasteiger partial charge on any atom is -0.465 e. The van der Waals surface area contributed by atoms with Crippen LogP contribution in [0.1, 0.15) is 136 Å². The smallest absolute Gasteiger partial charge is 0.407 e. The van der Waals surface area contributed by atoms with Crippen LogP contribution in [0.4, 0.5) is 25.4 Å². The van der Waals surface area contributed by atoms with Crippen LogP contribution in [0.2, 0.25) is 0 Å². The van der Waals surface area contributed by atoms with Crippen molar-refractivity contribution >= 4 is 57.4 Å². The molecule has 4 amide bonds. The van der Waals surface area contributed by atoms with E-state index in [0.717, 1.165) is 96.9 Å². The van der Waals surface area contributed by atoms with Gasteiger partial charge in [-0.15, -0.1) is 0 Å². The lowest BCUT2D eigenvalue weighted by Gasteiger charge is -2.36. The fourth-order valence-corrected chi connectivity index (χ4v) is 13.0. The van der Waals surface area contributed by atoms with E-state index in [1.807, 2.05) is 43.0 Å². The monoisotopic (exact) mass is 1040 g/mol. The predicted octanol–water partition coefficient (Wildman–Crippen LogP) is 9.82. The molecule has 0 radical (unpaired) electrons. The zero-order valence-corrected chi connectivity index (χ0v) is 43.6. The Morgan fingerprint density at radius 1 is 0.684 bits per heavy atom. The molecule has 76 heavy (non-hydrogen) atoms. The third-order valence-corrected chi connectivity index (χ3v) is 16.9. The van der Waals surface area contributed by atoms with Crippen LogP contribution in [0, 0.1) is 17.7 Å². The zero-order chi connectivity index (χ0) is 52.6. The first-order valence-electron chi connectivity index (χ1n) is 27.3. The molecule has 11 rings (SSSR count). The van der Waals surface area contributed by atoms with Crippen LogP contribution < -0.4 is 20.4 Å². The second-order valence-electron chi connectivity index (χ2n) is 21.7. The van der Waals surface area contributed by atoms with Gasteiger partial charge in [-0.05, 0) is 141 Å². The Balaban J connectivity index is 0.890. The molecule has 5 N–H and O–H groups in total. The third kappa shape index (κ3) is 10.1. The Hall–Kier alpha value is -7.21. The number of piperidine rings is 1. The van der Waals surface area contributed by atoms with Gasteiger partial charge < -0.3 is 54.8 Å². The highest BCUT2D eigenvalue weighted by molar-refractivity contribution is 5.87.